The maximum absolute atomic E-state index is 12.9. The van der Waals surface area contributed by atoms with Gasteiger partial charge >= 0.3 is 33.6 Å². The number of aliphatic hydroxyl groups is 2. The van der Waals surface area contributed by atoms with Gasteiger partial charge in [0, 0.05) is 19.3 Å². The molecule has 0 aliphatic carbocycles. The second kappa shape index (κ2) is 72.9. The Morgan fingerprint density at radius 1 is 0.293 bits per heavy atom. The van der Waals surface area contributed by atoms with E-state index in [9.17, 15) is 43.5 Å². The number of unbranched alkanes of at least 4 members (excludes halogenated alkanes) is 21. The molecule has 0 radical (unpaired) electrons. The van der Waals surface area contributed by atoms with Crippen LogP contribution >= 0.6 is 15.6 Å². The van der Waals surface area contributed by atoms with Crippen LogP contribution in [-0.2, 0) is 55.8 Å². The van der Waals surface area contributed by atoms with Crippen LogP contribution in [0.3, 0.4) is 0 Å². The minimum atomic E-state index is -4.95. The molecule has 18 heteroatoms. The first-order valence-electron chi connectivity index (χ1n) is 37.8. The number of hydrogen-bond donors (Lipinski definition) is 4. The molecule has 16 nitrogen and oxygen atoms in total. The van der Waals surface area contributed by atoms with Crippen LogP contribution in [0.2, 0.25) is 0 Å². The van der Waals surface area contributed by atoms with Gasteiger partial charge in [-0.3, -0.25) is 32.5 Å². The molecule has 0 saturated heterocycles. The first-order chi connectivity index (χ1) is 48.2. The van der Waals surface area contributed by atoms with Crippen LogP contribution in [0.15, 0.2) is 158 Å². The Labute approximate surface area is 600 Å². The summed E-state index contributed by atoms with van der Waals surface area (Å²) >= 11 is 0. The maximum Gasteiger partial charge on any atom is 0.472 e. The van der Waals surface area contributed by atoms with Crippen LogP contribution in [0.5, 0.6) is 0 Å². The summed E-state index contributed by atoms with van der Waals surface area (Å²) in [6, 6.07) is 0. The van der Waals surface area contributed by atoms with E-state index < -0.39 is 91.5 Å². The summed E-state index contributed by atoms with van der Waals surface area (Å²) in [6.45, 7) is 2.34. The molecule has 0 fully saturated rings. The quantitative estimate of drug-likeness (QED) is 0.0146. The summed E-state index contributed by atoms with van der Waals surface area (Å²) in [5.41, 5.74) is 0. The molecule has 0 amide bonds. The lowest BCUT2D eigenvalue weighted by molar-refractivity contribution is -0.161. The summed E-state index contributed by atoms with van der Waals surface area (Å²) in [6.07, 6.45) is 90.1. The van der Waals surface area contributed by atoms with Gasteiger partial charge in [-0.15, -0.1) is 0 Å². The summed E-state index contributed by atoms with van der Waals surface area (Å²) in [4.78, 5) is 58.6. The number of carbonyl (C=O) groups excluding carboxylic acids is 3. The number of allylic oxidation sites excluding steroid dienone is 26. The molecule has 5 atom stereocenters. The molecule has 99 heavy (non-hydrogen) atoms. The molecule has 5 unspecified atom stereocenters. The predicted molar refractivity (Wildman–Crippen MR) is 408 cm³/mol. The largest absolute Gasteiger partial charge is 0.472 e. The molecule has 0 aliphatic rings. The third-order valence-electron chi connectivity index (χ3n) is 15.2. The molecule has 0 rings (SSSR count). The lowest BCUT2D eigenvalue weighted by Crippen LogP contribution is -2.30. The molecule has 0 bridgehead atoms. The zero-order chi connectivity index (χ0) is 72.3. The molecule has 0 spiro atoms. The summed E-state index contributed by atoms with van der Waals surface area (Å²) in [5, 5.41) is 20.6. The van der Waals surface area contributed by atoms with Gasteiger partial charge in [-0.2, -0.15) is 0 Å². The molecular weight excluding hydrogens is 1290 g/mol. The van der Waals surface area contributed by atoms with Gasteiger partial charge in [0.2, 0.25) is 0 Å². The summed E-state index contributed by atoms with van der Waals surface area (Å²) < 4.78 is 61.0. The zero-order valence-corrected chi connectivity index (χ0v) is 63.1. The number of esters is 3. The van der Waals surface area contributed by atoms with Gasteiger partial charge in [-0.1, -0.05) is 269 Å². The fraction of sp³-hybridized carbons (Fsp3) is 0.642. The first kappa shape index (κ1) is 94.2. The van der Waals surface area contributed by atoms with Crippen LogP contribution in [0.25, 0.3) is 0 Å². The third kappa shape index (κ3) is 74.2. The maximum atomic E-state index is 12.9. The lowest BCUT2D eigenvalue weighted by Gasteiger charge is -2.21. The van der Waals surface area contributed by atoms with E-state index in [0.29, 0.717) is 19.3 Å². The van der Waals surface area contributed by atoms with Gasteiger partial charge < -0.3 is 34.2 Å². The fourth-order valence-corrected chi connectivity index (χ4v) is 11.1. The SMILES string of the molecule is CC/C=C\C/C=C\C/C=C\C/C=C\C/C=C\C/C=C\CCCCC(=O)OCC(COP(=O)(O)OCC(O)COP(=O)(O)OCC(O)COC(=O)CCCCCCCCCCCCC/C=C\C/C=C\C/C=C\C/C=C\C/C=C\CC)OC(=O)CCCCCCC/C=C\C/C=C\CCCCC. The van der Waals surface area contributed by atoms with Crippen molar-refractivity contribution in [3.8, 4) is 0 Å². The van der Waals surface area contributed by atoms with E-state index in [0.717, 1.165) is 161 Å². The normalized spacial score (nSPS) is 14.9. The van der Waals surface area contributed by atoms with Crippen LogP contribution in [0, 0.1) is 0 Å². The molecule has 0 aliphatic heterocycles. The molecular formula is C81H134O16P2. The third-order valence-corrected chi connectivity index (χ3v) is 17.1. The van der Waals surface area contributed by atoms with Gasteiger partial charge in [-0.25, -0.2) is 9.13 Å². The first-order valence-corrected chi connectivity index (χ1v) is 40.8. The molecule has 0 aromatic carbocycles. The highest BCUT2D eigenvalue weighted by molar-refractivity contribution is 7.47. The van der Waals surface area contributed by atoms with E-state index in [1.54, 1.807) is 0 Å². The second-order valence-electron chi connectivity index (χ2n) is 24.7. The Hall–Kier alpha value is -4.83. The second-order valence-corrected chi connectivity index (χ2v) is 27.6. The summed E-state index contributed by atoms with van der Waals surface area (Å²) in [7, 11) is -9.81. The number of phosphoric ester groups is 2. The Bertz CT molecular complexity index is 2430. The van der Waals surface area contributed by atoms with Crippen molar-refractivity contribution in [2.75, 3.05) is 39.6 Å². The average molecular weight is 1430 g/mol. The van der Waals surface area contributed by atoms with Crippen molar-refractivity contribution in [2.24, 2.45) is 0 Å². The number of ether oxygens (including phenoxy) is 3. The topological polar surface area (TPSA) is 231 Å². The Balaban J connectivity index is 4.63. The molecule has 564 valence electrons. The van der Waals surface area contributed by atoms with E-state index in [2.05, 4.69) is 179 Å². The molecule has 0 aromatic heterocycles. The van der Waals surface area contributed by atoms with Gasteiger partial charge in [0.25, 0.3) is 0 Å². The van der Waals surface area contributed by atoms with Crippen LogP contribution < -0.4 is 0 Å². The van der Waals surface area contributed by atoms with Crippen molar-refractivity contribution in [2.45, 2.75) is 296 Å². The van der Waals surface area contributed by atoms with Crippen molar-refractivity contribution in [3.63, 3.8) is 0 Å². The number of rotatable bonds is 70. The molecule has 0 aromatic rings. The summed E-state index contributed by atoms with van der Waals surface area (Å²) in [5.74, 6) is -1.65. The van der Waals surface area contributed by atoms with E-state index in [1.165, 1.54) is 57.8 Å². The lowest BCUT2D eigenvalue weighted by atomic mass is 10.0. The number of phosphoric acid groups is 2. The van der Waals surface area contributed by atoms with E-state index in [1.807, 2.05) is 0 Å². The highest BCUT2D eigenvalue weighted by Gasteiger charge is 2.29. The predicted octanol–water partition coefficient (Wildman–Crippen LogP) is 21.9. The monoisotopic (exact) mass is 1420 g/mol. The highest BCUT2D eigenvalue weighted by Crippen LogP contribution is 2.45. The van der Waals surface area contributed by atoms with E-state index >= 15 is 0 Å². The minimum Gasteiger partial charge on any atom is -0.463 e. The zero-order valence-electron chi connectivity index (χ0n) is 61.4. The number of carbonyl (C=O) groups is 3. The Morgan fingerprint density at radius 2 is 0.535 bits per heavy atom. The van der Waals surface area contributed by atoms with Gasteiger partial charge in [0.1, 0.15) is 25.4 Å². The number of hydrogen-bond acceptors (Lipinski definition) is 14. The number of aliphatic hydroxyl groups excluding tert-OH is 2. The van der Waals surface area contributed by atoms with Gasteiger partial charge in [0.15, 0.2) is 6.10 Å². The fourth-order valence-electron chi connectivity index (χ4n) is 9.51. The Morgan fingerprint density at radius 3 is 0.869 bits per heavy atom. The standard InChI is InChI=1S/C81H134O16P2/c1-4-7-10-13-16-19-22-25-28-30-32-34-35-36-37-38-39-41-43-44-47-49-52-55-58-61-64-67-79(84)91-70-76(82)71-93-98(87,88)94-72-77(83)73-95-99(89,90)96-75-78(97-81(86)69-66-63-60-57-54-51-46-27-24-21-18-15-12-9-6-3)74-92-80(85)68-65-62-59-56-53-50-48-45-42-40-33-31-29-26-23-20-17-14-11-8-5-2/h7-8,10-11,16-21,25-29,32-34,36-37,40,45-46,48,53,56,76-78,82-83H,4-6,9,12-15,22-24,30-31,35,38-39,41-44,47,49-52,54-55,57-75H2,1-3H3,(H,87,88)(H,89,90)/b10-7-,11-8-,19-16-,20-17-,21-18-,28-25-,29-26-,34-32-,37-36-,40-33-,46-27-,48-45-,56-53-. The van der Waals surface area contributed by atoms with Crippen LogP contribution in [0.4, 0.5) is 0 Å². The van der Waals surface area contributed by atoms with Crippen molar-refractivity contribution in [3.05, 3.63) is 158 Å². The Kier molecular flexibility index (Phi) is 69.4. The van der Waals surface area contributed by atoms with Gasteiger partial charge in [-0.05, 0) is 148 Å². The van der Waals surface area contributed by atoms with Crippen LogP contribution in [0.1, 0.15) is 278 Å². The van der Waals surface area contributed by atoms with E-state index in [4.69, 9.17) is 32.3 Å². The minimum absolute atomic E-state index is 0.0737. The smallest absolute Gasteiger partial charge is 0.463 e. The molecule has 0 heterocycles. The highest BCUT2D eigenvalue weighted by atomic mass is 31.2. The molecule has 0 saturated carbocycles. The molecule has 4 N–H and O–H groups in total. The van der Waals surface area contributed by atoms with E-state index in [-0.39, 0.29) is 19.3 Å². The average Bonchev–Trinajstić information content (AvgIpc) is 1.55. The van der Waals surface area contributed by atoms with Crippen molar-refractivity contribution >= 4 is 33.6 Å². The van der Waals surface area contributed by atoms with Crippen molar-refractivity contribution in [1.29, 1.82) is 0 Å². The van der Waals surface area contributed by atoms with Crippen molar-refractivity contribution < 1.29 is 75.8 Å². The van der Waals surface area contributed by atoms with Crippen molar-refractivity contribution in [1.82, 2.24) is 0 Å². The van der Waals surface area contributed by atoms with Crippen LogP contribution in [-0.4, -0.2) is 95.9 Å². The van der Waals surface area contributed by atoms with Gasteiger partial charge in [0.05, 0.1) is 26.4 Å².